The Balaban J connectivity index is 0.00000208. The Bertz CT molecular complexity index is 769. The molecule has 0 amide bonds. The van der Waals surface area contributed by atoms with E-state index in [0.717, 1.165) is 0 Å². The number of ether oxygens (including phenoxy) is 1. The van der Waals surface area contributed by atoms with E-state index in [9.17, 15) is 14.8 Å². The van der Waals surface area contributed by atoms with Crippen LogP contribution in [-0.2, 0) is 13.8 Å². The molecule has 0 aromatic carbocycles. The summed E-state index contributed by atoms with van der Waals surface area (Å²) in [5.74, 6) is 0.142. The van der Waals surface area contributed by atoms with Gasteiger partial charge in [-0.25, -0.2) is 19.5 Å². The average molecular weight is 379 g/mol. The first-order chi connectivity index (χ1) is 10.8. The number of rotatable bonds is 4. The molecule has 1 aliphatic heterocycles. The Morgan fingerprint density at radius 3 is 2.67 bits per heavy atom. The van der Waals surface area contributed by atoms with E-state index in [2.05, 4.69) is 19.5 Å². The average Bonchev–Trinajstić information content (AvgIpc) is 3.01. The molecule has 12 nitrogen and oxygen atoms in total. The zero-order valence-electron chi connectivity index (χ0n) is 11.5. The van der Waals surface area contributed by atoms with Crippen LogP contribution in [0.1, 0.15) is 6.23 Å². The maximum absolute atomic E-state index is 10.7. The minimum atomic E-state index is -4.72. The molecule has 14 heteroatoms. The summed E-state index contributed by atoms with van der Waals surface area (Å²) in [5.41, 5.74) is 6.25. The van der Waals surface area contributed by atoms with Crippen molar-refractivity contribution in [2.45, 2.75) is 24.5 Å². The van der Waals surface area contributed by atoms with Gasteiger partial charge in [0.2, 0.25) is 0 Å². The standard InChI is InChI=1S/C10H14N5O7P.H4Si/c11-8-5-9(13-2-12-8)15(3-14-5)10-7(17)6(16)4(22-10)1-21-23(18,19)20;/h2-4,6-7,10,16-17H,1H2,(H2,11,12,13)(H2,18,19,20);1H4/t4-,6-,7-,10-;/m1./s1. The first-order valence-electron chi connectivity index (χ1n) is 6.42. The number of hydrogen-bond acceptors (Lipinski definition) is 9. The van der Waals surface area contributed by atoms with E-state index >= 15 is 0 Å². The monoisotopic (exact) mass is 379 g/mol. The summed E-state index contributed by atoms with van der Waals surface area (Å²) in [6.07, 6.45) is -2.49. The molecule has 1 fully saturated rings. The summed E-state index contributed by atoms with van der Waals surface area (Å²) < 4.78 is 21.8. The number of aromatic nitrogens is 4. The van der Waals surface area contributed by atoms with Crippen molar-refractivity contribution in [2.75, 3.05) is 12.3 Å². The predicted octanol–water partition coefficient (Wildman–Crippen LogP) is -3.31. The Hall–Kier alpha value is -1.44. The summed E-state index contributed by atoms with van der Waals surface area (Å²) in [5, 5.41) is 20.1. The lowest BCUT2D eigenvalue weighted by Gasteiger charge is -2.16. The summed E-state index contributed by atoms with van der Waals surface area (Å²) in [6, 6.07) is 0. The Kier molecular flexibility index (Phi) is 5.36. The van der Waals surface area contributed by atoms with E-state index in [1.165, 1.54) is 17.2 Å². The molecule has 1 aliphatic rings. The molecule has 134 valence electrons. The fraction of sp³-hybridized carbons (Fsp3) is 0.500. The van der Waals surface area contributed by atoms with Gasteiger partial charge in [0, 0.05) is 0 Å². The number of aliphatic hydroxyl groups excluding tert-OH is 2. The van der Waals surface area contributed by atoms with Crippen LogP contribution >= 0.6 is 7.82 Å². The van der Waals surface area contributed by atoms with Gasteiger partial charge in [0.15, 0.2) is 17.7 Å². The molecule has 0 saturated carbocycles. The van der Waals surface area contributed by atoms with E-state index in [4.69, 9.17) is 20.3 Å². The van der Waals surface area contributed by atoms with Crippen molar-refractivity contribution in [3.63, 3.8) is 0 Å². The van der Waals surface area contributed by atoms with Crippen molar-refractivity contribution < 1.29 is 33.8 Å². The molecule has 2 aromatic rings. The van der Waals surface area contributed by atoms with Crippen LogP contribution in [0.2, 0.25) is 0 Å². The first-order valence-corrected chi connectivity index (χ1v) is 7.95. The highest BCUT2D eigenvalue weighted by molar-refractivity contribution is 7.46. The van der Waals surface area contributed by atoms with Gasteiger partial charge in [-0.2, -0.15) is 0 Å². The number of anilines is 1. The normalized spacial score (nSPS) is 27.3. The summed E-state index contributed by atoms with van der Waals surface area (Å²) in [6.45, 7) is -0.594. The smallest absolute Gasteiger partial charge is 0.387 e. The molecular weight excluding hydrogens is 361 g/mol. The molecule has 3 heterocycles. The molecule has 4 atom stereocenters. The molecule has 24 heavy (non-hydrogen) atoms. The zero-order valence-corrected chi connectivity index (χ0v) is 12.4. The molecule has 1 saturated heterocycles. The lowest BCUT2D eigenvalue weighted by molar-refractivity contribution is -0.0504. The Morgan fingerprint density at radius 2 is 2.00 bits per heavy atom. The third-order valence-corrected chi connectivity index (χ3v) is 3.89. The van der Waals surface area contributed by atoms with E-state index in [1.54, 1.807) is 0 Å². The lowest BCUT2D eigenvalue weighted by atomic mass is 10.1. The van der Waals surface area contributed by atoms with E-state index < -0.39 is 39.0 Å². The van der Waals surface area contributed by atoms with E-state index in [0.29, 0.717) is 5.52 Å². The summed E-state index contributed by atoms with van der Waals surface area (Å²) >= 11 is 0. The largest absolute Gasteiger partial charge is 0.469 e. The lowest BCUT2D eigenvalue weighted by Crippen LogP contribution is -2.33. The maximum Gasteiger partial charge on any atom is 0.469 e. The summed E-state index contributed by atoms with van der Waals surface area (Å²) in [4.78, 5) is 29.2. The van der Waals surface area contributed by atoms with Crippen molar-refractivity contribution in [2.24, 2.45) is 0 Å². The van der Waals surface area contributed by atoms with Crippen LogP contribution in [0.25, 0.3) is 11.2 Å². The van der Waals surface area contributed by atoms with Crippen LogP contribution in [-0.4, -0.2) is 75.4 Å². The Morgan fingerprint density at radius 1 is 1.29 bits per heavy atom. The quantitative estimate of drug-likeness (QED) is 0.264. The summed E-state index contributed by atoms with van der Waals surface area (Å²) in [7, 11) is -4.72. The molecule has 0 spiro atoms. The van der Waals surface area contributed by atoms with Crippen molar-refractivity contribution >= 4 is 35.8 Å². The molecular formula is C10H18N5O7PSi. The van der Waals surface area contributed by atoms with Crippen LogP contribution in [0.3, 0.4) is 0 Å². The van der Waals surface area contributed by atoms with Crippen LogP contribution in [0.5, 0.6) is 0 Å². The molecule has 0 bridgehead atoms. The number of phosphoric acid groups is 1. The van der Waals surface area contributed by atoms with Gasteiger partial charge in [0.25, 0.3) is 0 Å². The van der Waals surface area contributed by atoms with Crippen LogP contribution in [0.15, 0.2) is 12.7 Å². The van der Waals surface area contributed by atoms with Crippen molar-refractivity contribution in [3.05, 3.63) is 12.7 Å². The van der Waals surface area contributed by atoms with Gasteiger partial charge >= 0.3 is 7.82 Å². The highest BCUT2D eigenvalue weighted by Crippen LogP contribution is 2.38. The van der Waals surface area contributed by atoms with Crippen molar-refractivity contribution in [1.82, 2.24) is 19.5 Å². The van der Waals surface area contributed by atoms with Gasteiger partial charge in [-0.3, -0.25) is 9.09 Å². The minimum absolute atomic E-state index is 0. The molecule has 3 rings (SSSR count). The van der Waals surface area contributed by atoms with Gasteiger partial charge in [-0.15, -0.1) is 0 Å². The minimum Gasteiger partial charge on any atom is -0.387 e. The van der Waals surface area contributed by atoms with Gasteiger partial charge in [-0.05, 0) is 11.0 Å². The first kappa shape index (κ1) is 18.9. The molecule has 0 aliphatic carbocycles. The fourth-order valence-corrected chi connectivity index (χ4v) is 2.66. The highest BCUT2D eigenvalue weighted by Gasteiger charge is 2.45. The zero-order chi connectivity index (χ0) is 16.8. The Labute approximate surface area is 139 Å². The number of aliphatic hydroxyl groups is 2. The van der Waals surface area contributed by atoms with Gasteiger partial charge in [0.1, 0.15) is 30.2 Å². The maximum atomic E-state index is 10.7. The second-order valence-electron chi connectivity index (χ2n) is 4.92. The van der Waals surface area contributed by atoms with E-state index in [-0.39, 0.29) is 22.4 Å². The van der Waals surface area contributed by atoms with Crippen LogP contribution < -0.4 is 5.73 Å². The SMILES string of the molecule is Nc1ncnc2c1ncn2[C@@H]1O[C@H](COP(=O)(O)O)[C@@H](O)[C@H]1O.[SiH4]. The molecule has 6 N–H and O–H groups in total. The molecule has 0 radical (unpaired) electrons. The van der Waals surface area contributed by atoms with E-state index in [1.807, 2.05) is 0 Å². The number of hydrogen-bond donors (Lipinski definition) is 5. The third kappa shape index (κ3) is 3.48. The number of nitrogens with two attached hydrogens (primary N) is 1. The predicted molar refractivity (Wildman–Crippen MR) is 85.0 cm³/mol. The van der Waals surface area contributed by atoms with Crippen molar-refractivity contribution in [1.29, 1.82) is 0 Å². The number of imidazole rings is 1. The number of nitrogens with zero attached hydrogens (tertiary/aromatic N) is 4. The topological polar surface area (TPSA) is 186 Å². The number of phosphoric ester groups is 1. The van der Waals surface area contributed by atoms with Gasteiger partial charge in [-0.1, -0.05) is 0 Å². The highest BCUT2D eigenvalue weighted by atomic mass is 31.2. The molecule has 2 aromatic heterocycles. The van der Waals surface area contributed by atoms with Gasteiger partial charge < -0.3 is 30.5 Å². The second kappa shape index (κ2) is 6.82. The number of nitrogen functional groups attached to an aromatic ring is 1. The van der Waals surface area contributed by atoms with Gasteiger partial charge in [0.05, 0.1) is 12.9 Å². The number of fused-ring (bicyclic) bond motifs is 1. The molecule has 0 unspecified atom stereocenters. The fourth-order valence-electron chi connectivity index (χ4n) is 2.32. The van der Waals surface area contributed by atoms with Crippen molar-refractivity contribution in [3.8, 4) is 0 Å². The van der Waals surface area contributed by atoms with Crippen LogP contribution in [0.4, 0.5) is 5.82 Å². The van der Waals surface area contributed by atoms with Crippen LogP contribution in [0, 0.1) is 0 Å². The third-order valence-electron chi connectivity index (χ3n) is 3.41. The second-order valence-corrected chi connectivity index (χ2v) is 6.15.